The Balaban J connectivity index is 1.34. The van der Waals surface area contributed by atoms with Gasteiger partial charge in [-0.1, -0.05) is 18.2 Å². The first-order valence-corrected chi connectivity index (χ1v) is 12.3. The van der Waals surface area contributed by atoms with E-state index in [1.54, 1.807) is 12.1 Å². The molecule has 1 fully saturated rings. The van der Waals surface area contributed by atoms with Crippen LogP contribution < -0.4 is 20.1 Å². The molecule has 3 heterocycles. The van der Waals surface area contributed by atoms with Gasteiger partial charge in [0.15, 0.2) is 11.5 Å². The van der Waals surface area contributed by atoms with E-state index in [0.29, 0.717) is 34.0 Å². The molecule has 3 aromatic carbocycles. The van der Waals surface area contributed by atoms with Gasteiger partial charge >= 0.3 is 0 Å². The molecule has 0 bridgehead atoms. The molecule has 0 aliphatic carbocycles. The maximum Gasteiger partial charge on any atom is 0.258 e. The van der Waals surface area contributed by atoms with Gasteiger partial charge in [0.05, 0.1) is 28.6 Å². The lowest BCUT2D eigenvalue weighted by molar-refractivity contribution is -0.110. The van der Waals surface area contributed by atoms with Crippen LogP contribution in [-0.4, -0.2) is 55.7 Å². The average Bonchev–Trinajstić information content (AvgIpc) is 3.52. The van der Waals surface area contributed by atoms with Crippen LogP contribution in [0.5, 0.6) is 11.5 Å². The van der Waals surface area contributed by atoms with Crippen molar-refractivity contribution in [1.82, 2.24) is 9.80 Å². The fourth-order valence-electron chi connectivity index (χ4n) is 4.92. The van der Waals surface area contributed by atoms with Crippen molar-refractivity contribution in [2.45, 2.75) is 6.54 Å². The summed E-state index contributed by atoms with van der Waals surface area (Å²) in [4.78, 5) is 18.0. The third kappa shape index (κ3) is 4.62. The number of nitrogens with one attached hydrogen (secondary N) is 2. The first-order chi connectivity index (χ1) is 18.1. The summed E-state index contributed by atoms with van der Waals surface area (Å²) in [5, 5.41) is 15.7. The Morgan fingerprint density at radius 3 is 2.57 bits per heavy atom. The number of nitrogens with zero attached hydrogens (tertiary/aromatic N) is 3. The Labute approximate surface area is 215 Å². The minimum absolute atomic E-state index is 0.174. The molecule has 1 amide bonds. The van der Waals surface area contributed by atoms with Crippen molar-refractivity contribution in [2.24, 2.45) is 0 Å². The quantitative estimate of drug-likeness (QED) is 0.520. The average molecular weight is 494 g/mol. The highest BCUT2D eigenvalue weighted by molar-refractivity contribution is 6.37. The molecule has 0 spiro atoms. The Bertz CT molecular complexity index is 1430. The van der Waals surface area contributed by atoms with Gasteiger partial charge in [-0.25, -0.2) is 0 Å². The van der Waals surface area contributed by atoms with Gasteiger partial charge < -0.3 is 25.0 Å². The number of ether oxygens (including phenoxy) is 2. The van der Waals surface area contributed by atoms with Crippen LogP contribution in [0, 0.1) is 11.3 Å². The van der Waals surface area contributed by atoms with Crippen molar-refractivity contribution in [3.63, 3.8) is 0 Å². The first kappa shape index (κ1) is 23.1. The van der Waals surface area contributed by atoms with Crippen molar-refractivity contribution in [3.8, 4) is 17.6 Å². The van der Waals surface area contributed by atoms with Crippen LogP contribution in [0.4, 0.5) is 11.4 Å². The van der Waals surface area contributed by atoms with Crippen molar-refractivity contribution >= 4 is 28.6 Å². The third-order valence-corrected chi connectivity index (χ3v) is 7.03. The summed E-state index contributed by atoms with van der Waals surface area (Å²) < 4.78 is 11.1. The number of hydrogen-bond donors (Lipinski definition) is 2. The number of carbonyl (C=O) groups excluding carboxylic acids is 1. The van der Waals surface area contributed by atoms with Gasteiger partial charge in [-0.05, 0) is 55.1 Å². The molecule has 0 radical (unpaired) electrons. The van der Waals surface area contributed by atoms with Crippen molar-refractivity contribution in [2.75, 3.05) is 50.7 Å². The largest absolute Gasteiger partial charge is 0.454 e. The van der Waals surface area contributed by atoms with Crippen LogP contribution in [0.15, 0.2) is 60.7 Å². The minimum Gasteiger partial charge on any atom is -0.454 e. The zero-order chi connectivity index (χ0) is 25.4. The highest BCUT2D eigenvalue weighted by Gasteiger charge is 2.29. The van der Waals surface area contributed by atoms with E-state index in [0.717, 1.165) is 49.5 Å². The van der Waals surface area contributed by atoms with Gasteiger partial charge in [-0.3, -0.25) is 9.69 Å². The molecule has 186 valence electrons. The molecule has 3 aliphatic rings. The fraction of sp³-hybridized carbons (Fsp3) is 0.241. The molecule has 0 atom stereocenters. The van der Waals surface area contributed by atoms with Gasteiger partial charge in [0.1, 0.15) is 0 Å². The van der Waals surface area contributed by atoms with Crippen LogP contribution in [-0.2, 0) is 11.3 Å². The molecule has 2 N–H and O–H groups in total. The topological polar surface area (TPSA) is 89.9 Å². The second-order valence-electron chi connectivity index (χ2n) is 9.55. The molecule has 0 unspecified atom stereocenters. The summed E-state index contributed by atoms with van der Waals surface area (Å²) >= 11 is 0. The zero-order valence-electron chi connectivity index (χ0n) is 20.6. The lowest BCUT2D eigenvalue weighted by Crippen LogP contribution is -2.43. The Morgan fingerprint density at radius 2 is 1.78 bits per heavy atom. The highest BCUT2D eigenvalue weighted by Crippen LogP contribution is 2.41. The minimum atomic E-state index is -0.225. The predicted molar refractivity (Wildman–Crippen MR) is 142 cm³/mol. The van der Waals surface area contributed by atoms with Crippen LogP contribution in [0.25, 0.3) is 11.3 Å². The molecule has 6 rings (SSSR count). The molecule has 37 heavy (non-hydrogen) atoms. The zero-order valence-corrected chi connectivity index (χ0v) is 20.6. The number of anilines is 2. The number of amides is 1. The van der Waals surface area contributed by atoms with E-state index in [1.807, 2.05) is 36.4 Å². The SMILES string of the molecule is CN1CCN(Cc2ccc(NC(=C3C(=O)Nc4cc(C#N)ccc43)c3ccc4c(c3)OCO4)cc2)CC1. The Hall–Kier alpha value is -4.32. The number of hydrogen-bond acceptors (Lipinski definition) is 7. The van der Waals surface area contributed by atoms with Gasteiger partial charge in [0, 0.05) is 49.5 Å². The second kappa shape index (κ2) is 9.62. The van der Waals surface area contributed by atoms with Crippen molar-refractivity contribution in [1.29, 1.82) is 5.26 Å². The number of carbonyl (C=O) groups is 1. The molecule has 0 saturated carbocycles. The molecule has 8 heteroatoms. The van der Waals surface area contributed by atoms with E-state index in [1.165, 1.54) is 5.56 Å². The number of fused-ring (bicyclic) bond motifs is 2. The van der Waals surface area contributed by atoms with Crippen LogP contribution in [0.2, 0.25) is 0 Å². The normalized spacial score (nSPS) is 18.2. The molecule has 0 aromatic heterocycles. The summed E-state index contributed by atoms with van der Waals surface area (Å²) in [6, 6.07) is 21.4. The summed E-state index contributed by atoms with van der Waals surface area (Å²) in [7, 11) is 2.16. The lowest BCUT2D eigenvalue weighted by Gasteiger charge is -2.32. The maximum atomic E-state index is 13.2. The molecular weight excluding hydrogens is 466 g/mol. The number of likely N-dealkylation sites (N-methyl/N-ethyl adjacent to an activating group) is 1. The summed E-state index contributed by atoms with van der Waals surface area (Å²) in [6.07, 6.45) is 0. The van der Waals surface area contributed by atoms with E-state index in [9.17, 15) is 10.1 Å². The van der Waals surface area contributed by atoms with E-state index in [4.69, 9.17) is 9.47 Å². The third-order valence-electron chi connectivity index (χ3n) is 7.03. The van der Waals surface area contributed by atoms with Gasteiger partial charge in [0.25, 0.3) is 5.91 Å². The van der Waals surface area contributed by atoms with E-state index in [-0.39, 0.29) is 12.7 Å². The van der Waals surface area contributed by atoms with Crippen molar-refractivity contribution in [3.05, 3.63) is 82.9 Å². The smallest absolute Gasteiger partial charge is 0.258 e. The van der Waals surface area contributed by atoms with Crippen LogP contribution in [0.1, 0.15) is 22.3 Å². The van der Waals surface area contributed by atoms with E-state index >= 15 is 0 Å². The number of rotatable bonds is 5. The first-order valence-electron chi connectivity index (χ1n) is 12.3. The number of piperazine rings is 1. The molecular formula is C29H27N5O3. The standard InChI is InChI=1S/C29H27N5O3/c1-33-10-12-34(13-11-33)17-19-2-6-22(7-3-19)31-28(21-5-9-25-26(15-21)37-18-36-25)27-23-8-4-20(16-30)14-24(23)32-29(27)35/h2-9,14-15,31H,10-13,17-18H2,1H3,(H,32,35). The Kier molecular flexibility index (Phi) is 6.01. The van der Waals surface area contributed by atoms with Gasteiger partial charge in [0.2, 0.25) is 6.79 Å². The van der Waals surface area contributed by atoms with Gasteiger partial charge in [-0.2, -0.15) is 5.26 Å². The summed E-state index contributed by atoms with van der Waals surface area (Å²) in [5.74, 6) is 1.09. The molecule has 3 aromatic rings. The number of benzene rings is 3. The van der Waals surface area contributed by atoms with Gasteiger partial charge in [-0.15, -0.1) is 0 Å². The van der Waals surface area contributed by atoms with Crippen LogP contribution >= 0.6 is 0 Å². The maximum absolute atomic E-state index is 13.2. The summed E-state index contributed by atoms with van der Waals surface area (Å²) in [6.45, 7) is 5.41. The van der Waals surface area contributed by atoms with E-state index < -0.39 is 0 Å². The Morgan fingerprint density at radius 1 is 1.00 bits per heavy atom. The van der Waals surface area contributed by atoms with E-state index in [2.05, 4.69) is 45.7 Å². The lowest BCUT2D eigenvalue weighted by atomic mass is 9.98. The summed E-state index contributed by atoms with van der Waals surface area (Å²) in [5.41, 5.74) is 5.96. The molecule has 1 saturated heterocycles. The second-order valence-corrected chi connectivity index (χ2v) is 9.55. The van der Waals surface area contributed by atoms with Crippen LogP contribution in [0.3, 0.4) is 0 Å². The highest BCUT2D eigenvalue weighted by atomic mass is 16.7. The number of nitriles is 1. The van der Waals surface area contributed by atoms with Crippen molar-refractivity contribution < 1.29 is 14.3 Å². The fourth-order valence-corrected chi connectivity index (χ4v) is 4.92. The predicted octanol–water partition coefficient (Wildman–Crippen LogP) is 3.97. The monoisotopic (exact) mass is 493 g/mol. The molecule has 8 nitrogen and oxygen atoms in total. The molecule has 3 aliphatic heterocycles.